The Morgan fingerprint density at radius 2 is 2.05 bits per heavy atom. The van der Waals surface area contributed by atoms with E-state index in [2.05, 4.69) is 9.97 Å². The lowest BCUT2D eigenvalue weighted by Gasteiger charge is -2.17. The summed E-state index contributed by atoms with van der Waals surface area (Å²) in [7, 11) is 1.72. The van der Waals surface area contributed by atoms with Crippen molar-refractivity contribution < 1.29 is 4.79 Å². The molecule has 6 heteroatoms. The molecule has 0 radical (unpaired) electrons. The number of nitrogens with zero attached hydrogens (tertiary/aromatic N) is 2. The number of nitrogens with two attached hydrogens (primary N) is 1. The van der Waals surface area contributed by atoms with Gasteiger partial charge in [-0.05, 0) is 12.5 Å². The van der Waals surface area contributed by atoms with Gasteiger partial charge in [0.2, 0.25) is 5.91 Å². The highest BCUT2D eigenvalue weighted by molar-refractivity contribution is 5.85. The summed E-state index contributed by atoms with van der Waals surface area (Å²) in [6.07, 6.45) is 1.77. The standard InChI is InChI=1S/C14H18N4O.ClH/c1-10(15)14(19)18(2)9-13-16-8-12(17-13)11-6-4-3-5-7-11;/h3-8,10H,9,15H2,1-2H3,(H,16,17);1H. The molecule has 0 spiro atoms. The highest BCUT2D eigenvalue weighted by Crippen LogP contribution is 2.16. The molecule has 0 saturated carbocycles. The average molecular weight is 295 g/mol. The van der Waals surface area contributed by atoms with Gasteiger partial charge in [0.25, 0.3) is 0 Å². The Morgan fingerprint density at radius 3 is 2.65 bits per heavy atom. The number of carbonyl (C=O) groups is 1. The van der Waals surface area contributed by atoms with Crippen LogP contribution in [0.2, 0.25) is 0 Å². The van der Waals surface area contributed by atoms with Crippen molar-refractivity contribution in [2.75, 3.05) is 7.05 Å². The van der Waals surface area contributed by atoms with Gasteiger partial charge in [-0.1, -0.05) is 30.3 Å². The molecule has 108 valence electrons. The van der Waals surface area contributed by atoms with Crippen LogP contribution in [0.3, 0.4) is 0 Å². The van der Waals surface area contributed by atoms with Gasteiger partial charge in [-0.3, -0.25) is 4.79 Å². The summed E-state index contributed by atoms with van der Waals surface area (Å²) < 4.78 is 0. The Morgan fingerprint density at radius 1 is 1.40 bits per heavy atom. The van der Waals surface area contributed by atoms with Gasteiger partial charge >= 0.3 is 0 Å². The van der Waals surface area contributed by atoms with Gasteiger partial charge in [0, 0.05) is 7.05 Å². The third-order valence-electron chi connectivity index (χ3n) is 2.87. The van der Waals surface area contributed by atoms with Crippen molar-refractivity contribution in [2.24, 2.45) is 5.73 Å². The third kappa shape index (κ3) is 3.82. The van der Waals surface area contributed by atoms with Crippen molar-refractivity contribution in [3.63, 3.8) is 0 Å². The van der Waals surface area contributed by atoms with Gasteiger partial charge in [-0.15, -0.1) is 12.4 Å². The van der Waals surface area contributed by atoms with Crippen LogP contribution >= 0.6 is 12.4 Å². The number of hydrogen-bond donors (Lipinski definition) is 2. The van der Waals surface area contributed by atoms with Crippen LogP contribution in [0.4, 0.5) is 0 Å². The molecular weight excluding hydrogens is 276 g/mol. The van der Waals surface area contributed by atoms with E-state index >= 15 is 0 Å². The van der Waals surface area contributed by atoms with Crippen LogP contribution in [0.1, 0.15) is 12.7 Å². The van der Waals surface area contributed by atoms with E-state index in [4.69, 9.17) is 5.73 Å². The number of benzene rings is 1. The molecule has 2 aromatic rings. The van der Waals surface area contributed by atoms with Gasteiger partial charge in [-0.25, -0.2) is 4.98 Å². The first-order valence-electron chi connectivity index (χ1n) is 6.18. The van der Waals surface area contributed by atoms with Crippen LogP contribution in [-0.4, -0.2) is 33.9 Å². The van der Waals surface area contributed by atoms with Crippen molar-refractivity contribution in [1.29, 1.82) is 0 Å². The summed E-state index contributed by atoms with van der Waals surface area (Å²) >= 11 is 0. The summed E-state index contributed by atoms with van der Waals surface area (Å²) in [6.45, 7) is 2.10. The maximum atomic E-state index is 11.7. The molecule has 0 aliphatic carbocycles. The fourth-order valence-electron chi connectivity index (χ4n) is 1.86. The number of aromatic amines is 1. The number of aromatic nitrogens is 2. The summed E-state index contributed by atoms with van der Waals surface area (Å²) in [5.41, 5.74) is 7.58. The number of amides is 1. The summed E-state index contributed by atoms with van der Waals surface area (Å²) in [6, 6.07) is 9.44. The predicted molar refractivity (Wildman–Crippen MR) is 81.4 cm³/mol. The molecular formula is C14H19ClN4O. The zero-order valence-corrected chi connectivity index (χ0v) is 12.4. The van der Waals surface area contributed by atoms with Crippen LogP contribution in [0.5, 0.6) is 0 Å². The zero-order chi connectivity index (χ0) is 13.8. The summed E-state index contributed by atoms with van der Waals surface area (Å²) in [4.78, 5) is 20.7. The highest BCUT2D eigenvalue weighted by atomic mass is 35.5. The number of likely N-dealkylation sites (N-methyl/N-ethyl adjacent to an activating group) is 1. The largest absolute Gasteiger partial charge is 0.341 e. The van der Waals surface area contributed by atoms with Crippen molar-refractivity contribution in [3.05, 3.63) is 42.4 Å². The Kier molecular flexibility index (Phi) is 5.73. The lowest BCUT2D eigenvalue weighted by Crippen LogP contribution is -2.39. The molecule has 0 saturated heterocycles. The first kappa shape index (κ1) is 16.2. The van der Waals surface area contributed by atoms with E-state index in [0.29, 0.717) is 6.54 Å². The molecule has 20 heavy (non-hydrogen) atoms. The monoisotopic (exact) mass is 294 g/mol. The Bertz CT molecular complexity index is 553. The van der Waals surface area contributed by atoms with Crippen LogP contribution in [0.15, 0.2) is 36.5 Å². The van der Waals surface area contributed by atoms with Crippen molar-refractivity contribution in [2.45, 2.75) is 19.5 Å². The number of nitrogens with one attached hydrogen (secondary N) is 1. The molecule has 1 unspecified atom stereocenters. The maximum absolute atomic E-state index is 11.7. The molecule has 0 aliphatic heterocycles. The minimum atomic E-state index is -0.492. The van der Waals surface area contributed by atoms with Crippen LogP contribution in [-0.2, 0) is 11.3 Å². The molecule has 0 aliphatic rings. The highest BCUT2D eigenvalue weighted by Gasteiger charge is 2.14. The lowest BCUT2D eigenvalue weighted by atomic mass is 10.2. The predicted octanol–water partition coefficient (Wildman–Crippen LogP) is 1.80. The minimum Gasteiger partial charge on any atom is -0.341 e. The van der Waals surface area contributed by atoms with Gasteiger partial charge in [-0.2, -0.15) is 0 Å². The molecule has 5 nitrogen and oxygen atoms in total. The van der Waals surface area contributed by atoms with Crippen LogP contribution in [0.25, 0.3) is 11.3 Å². The molecule has 2 rings (SSSR count). The molecule has 3 N–H and O–H groups in total. The Labute approximate surface area is 124 Å². The number of rotatable bonds is 4. The van der Waals surface area contributed by atoms with E-state index in [1.54, 1.807) is 25.1 Å². The second-order valence-electron chi connectivity index (χ2n) is 4.59. The normalized spacial score (nSPS) is 11.6. The van der Waals surface area contributed by atoms with Crippen LogP contribution < -0.4 is 5.73 Å². The number of hydrogen-bond acceptors (Lipinski definition) is 3. The van der Waals surface area contributed by atoms with E-state index in [1.165, 1.54) is 0 Å². The van der Waals surface area contributed by atoms with Gasteiger partial charge in [0.1, 0.15) is 5.82 Å². The number of halogens is 1. The van der Waals surface area contributed by atoms with E-state index in [9.17, 15) is 4.79 Å². The SMILES string of the molecule is CC(N)C(=O)N(C)Cc1ncc(-c2ccccc2)[nH]1.Cl. The van der Waals surface area contributed by atoms with Gasteiger partial charge in [0.05, 0.1) is 24.5 Å². The Balaban J connectivity index is 0.00000200. The average Bonchev–Trinajstić information content (AvgIpc) is 2.87. The lowest BCUT2D eigenvalue weighted by molar-refractivity contribution is -0.131. The molecule has 1 heterocycles. The van der Waals surface area contributed by atoms with Gasteiger partial charge < -0.3 is 15.6 Å². The number of carbonyl (C=O) groups excluding carboxylic acids is 1. The third-order valence-corrected chi connectivity index (χ3v) is 2.87. The van der Waals surface area contributed by atoms with Crippen molar-refractivity contribution >= 4 is 18.3 Å². The zero-order valence-electron chi connectivity index (χ0n) is 11.5. The fraction of sp³-hybridized carbons (Fsp3) is 0.286. The minimum absolute atomic E-state index is 0. The second-order valence-corrected chi connectivity index (χ2v) is 4.59. The Hall–Kier alpha value is -1.85. The van der Waals surface area contributed by atoms with E-state index in [-0.39, 0.29) is 18.3 Å². The number of H-pyrrole nitrogens is 1. The van der Waals surface area contributed by atoms with E-state index < -0.39 is 6.04 Å². The second kappa shape index (κ2) is 7.07. The smallest absolute Gasteiger partial charge is 0.239 e. The first-order valence-corrected chi connectivity index (χ1v) is 6.18. The molecule has 0 fully saturated rings. The molecule has 1 atom stereocenters. The quantitative estimate of drug-likeness (QED) is 0.903. The first-order chi connectivity index (χ1) is 9.08. The van der Waals surface area contributed by atoms with Crippen molar-refractivity contribution in [1.82, 2.24) is 14.9 Å². The van der Waals surface area contributed by atoms with E-state index in [0.717, 1.165) is 17.1 Å². The van der Waals surface area contributed by atoms with Crippen LogP contribution in [0, 0.1) is 0 Å². The summed E-state index contributed by atoms with van der Waals surface area (Å²) in [5, 5.41) is 0. The number of imidazole rings is 1. The van der Waals surface area contributed by atoms with E-state index in [1.807, 2.05) is 30.3 Å². The molecule has 1 aromatic carbocycles. The molecule has 0 bridgehead atoms. The van der Waals surface area contributed by atoms with Crippen molar-refractivity contribution in [3.8, 4) is 11.3 Å². The topological polar surface area (TPSA) is 75.0 Å². The summed E-state index contributed by atoms with van der Waals surface area (Å²) in [5.74, 6) is 0.646. The molecule has 1 amide bonds. The molecule has 1 aromatic heterocycles. The van der Waals surface area contributed by atoms with Gasteiger partial charge in [0.15, 0.2) is 0 Å². The fourth-order valence-corrected chi connectivity index (χ4v) is 1.86. The maximum Gasteiger partial charge on any atom is 0.239 e.